The Kier molecular flexibility index (Phi) is 6.33. The molecule has 36 heavy (non-hydrogen) atoms. The van der Waals surface area contributed by atoms with Gasteiger partial charge in [-0.05, 0) is 66.3 Å². The quantitative estimate of drug-likeness (QED) is 0.279. The molecule has 5 rings (SSSR count). The molecular weight excluding hydrogens is 475 g/mol. The Hall–Kier alpha value is -3.97. The summed E-state index contributed by atoms with van der Waals surface area (Å²) >= 11 is 6.35. The van der Waals surface area contributed by atoms with Crippen LogP contribution in [0.15, 0.2) is 66.9 Å². The average Bonchev–Trinajstić information content (AvgIpc) is 3.25. The first-order valence-electron chi connectivity index (χ1n) is 11.7. The van der Waals surface area contributed by atoms with E-state index in [1.165, 1.54) is 6.07 Å². The van der Waals surface area contributed by atoms with E-state index in [9.17, 15) is 0 Å². The van der Waals surface area contributed by atoms with Gasteiger partial charge < -0.3 is 11.1 Å². The number of pyridine rings is 1. The number of nitrogens with one attached hydrogen (secondary N) is 1. The van der Waals surface area contributed by atoms with E-state index in [4.69, 9.17) is 22.3 Å². The third kappa shape index (κ3) is 4.38. The van der Waals surface area contributed by atoms with Crippen molar-refractivity contribution in [1.82, 2.24) is 19.7 Å². The van der Waals surface area contributed by atoms with Crippen LogP contribution < -0.4 is 11.1 Å². The van der Waals surface area contributed by atoms with E-state index in [1.807, 2.05) is 69.4 Å². The Labute approximate surface area is 214 Å². The van der Waals surface area contributed by atoms with Crippen LogP contribution in [0.25, 0.3) is 22.2 Å². The van der Waals surface area contributed by atoms with Gasteiger partial charge in [0.15, 0.2) is 11.6 Å². The van der Waals surface area contributed by atoms with Gasteiger partial charge in [-0.1, -0.05) is 42.8 Å². The molecule has 0 aliphatic rings. The lowest BCUT2D eigenvalue weighted by molar-refractivity contribution is 0.590. The number of anilines is 2. The summed E-state index contributed by atoms with van der Waals surface area (Å²) < 4.78 is 17.0. The Balaban J connectivity index is 1.64. The number of nitrogens with zero attached hydrogens (tertiary/aromatic N) is 4. The molecule has 6 nitrogen and oxygen atoms in total. The number of nitrogen functional groups attached to an aromatic ring is 1. The summed E-state index contributed by atoms with van der Waals surface area (Å²) in [6.07, 6.45) is 2.46. The summed E-state index contributed by atoms with van der Waals surface area (Å²) in [6.45, 7) is 3.98. The third-order valence-corrected chi connectivity index (χ3v) is 6.86. The zero-order valence-corrected chi connectivity index (χ0v) is 21.0. The van der Waals surface area contributed by atoms with Gasteiger partial charge in [0.05, 0.1) is 0 Å². The highest BCUT2D eigenvalue weighted by Gasteiger charge is 2.25. The minimum Gasteiger partial charge on any atom is -0.383 e. The molecule has 0 amide bonds. The fourth-order valence-corrected chi connectivity index (χ4v) is 4.56. The third-order valence-electron chi connectivity index (χ3n) is 6.45. The van der Waals surface area contributed by atoms with Crippen LogP contribution in [0, 0.1) is 12.7 Å². The first kappa shape index (κ1) is 23.8. The number of benzene rings is 3. The van der Waals surface area contributed by atoms with E-state index < -0.39 is 6.04 Å². The molecule has 0 aliphatic carbocycles. The maximum atomic E-state index is 15.3. The smallest absolute Gasteiger partial charge is 0.181 e. The van der Waals surface area contributed by atoms with Crippen molar-refractivity contribution in [3.05, 3.63) is 100 Å². The van der Waals surface area contributed by atoms with Gasteiger partial charge in [0.25, 0.3) is 0 Å². The van der Waals surface area contributed by atoms with Gasteiger partial charge >= 0.3 is 0 Å². The molecule has 0 spiro atoms. The standard InChI is InChI=1S/C28H26ClFN6/c1-4-17-8-11-24(30)22(14-17)25(33-19-9-10-21-18(15-19)12-13-32-26(21)31)28-34-27(35-36(28)3)20-6-5-7-23(29)16(20)2/h5-15,25,33H,4H2,1-3H3,(H2,31,32). The van der Waals surface area contributed by atoms with Crippen molar-refractivity contribution in [3.8, 4) is 11.4 Å². The summed E-state index contributed by atoms with van der Waals surface area (Å²) in [5.74, 6) is 1.25. The predicted molar refractivity (Wildman–Crippen MR) is 144 cm³/mol. The number of aryl methyl sites for hydroxylation is 2. The maximum absolute atomic E-state index is 15.3. The van der Waals surface area contributed by atoms with E-state index >= 15 is 4.39 Å². The van der Waals surface area contributed by atoms with Crippen LogP contribution >= 0.6 is 11.6 Å². The minimum absolute atomic E-state index is 0.317. The second kappa shape index (κ2) is 9.59. The lowest BCUT2D eigenvalue weighted by Crippen LogP contribution is -2.19. The molecule has 0 bridgehead atoms. The molecule has 0 fully saturated rings. The summed E-state index contributed by atoms with van der Waals surface area (Å²) in [6, 6.07) is 17.9. The highest BCUT2D eigenvalue weighted by Crippen LogP contribution is 2.33. The summed E-state index contributed by atoms with van der Waals surface area (Å²) in [5.41, 5.74) is 10.1. The van der Waals surface area contributed by atoms with Gasteiger partial charge in [-0.2, -0.15) is 5.10 Å². The molecule has 2 heterocycles. The van der Waals surface area contributed by atoms with Crippen molar-refractivity contribution < 1.29 is 4.39 Å². The Morgan fingerprint density at radius 1 is 1.11 bits per heavy atom. The van der Waals surface area contributed by atoms with Crippen molar-refractivity contribution >= 4 is 33.9 Å². The number of hydrogen-bond acceptors (Lipinski definition) is 5. The number of halogens is 2. The predicted octanol–water partition coefficient (Wildman–Crippen LogP) is 6.48. The van der Waals surface area contributed by atoms with Gasteiger partial charge in [0, 0.05) is 40.5 Å². The summed E-state index contributed by atoms with van der Waals surface area (Å²) in [4.78, 5) is 9.02. The first-order chi connectivity index (χ1) is 17.4. The van der Waals surface area contributed by atoms with Crippen molar-refractivity contribution in [1.29, 1.82) is 0 Å². The highest BCUT2D eigenvalue weighted by atomic mass is 35.5. The van der Waals surface area contributed by atoms with Crippen LogP contribution in [0.2, 0.25) is 5.02 Å². The van der Waals surface area contributed by atoms with Gasteiger partial charge in [0.2, 0.25) is 0 Å². The fraction of sp³-hybridized carbons (Fsp3) is 0.179. The molecule has 2 aromatic heterocycles. The van der Waals surface area contributed by atoms with Gasteiger partial charge in [-0.25, -0.2) is 14.4 Å². The molecule has 3 N–H and O–H groups in total. The average molecular weight is 501 g/mol. The highest BCUT2D eigenvalue weighted by molar-refractivity contribution is 6.31. The van der Waals surface area contributed by atoms with E-state index in [1.54, 1.807) is 16.9 Å². The van der Waals surface area contributed by atoms with Gasteiger partial charge in [-0.15, -0.1) is 0 Å². The second-order valence-electron chi connectivity index (χ2n) is 8.75. The van der Waals surface area contributed by atoms with Gasteiger partial charge in [0.1, 0.15) is 17.7 Å². The molecular formula is C28H26ClFN6. The first-order valence-corrected chi connectivity index (χ1v) is 12.1. The molecule has 1 unspecified atom stereocenters. The number of rotatable bonds is 6. The van der Waals surface area contributed by atoms with E-state index in [0.29, 0.717) is 28.1 Å². The summed E-state index contributed by atoms with van der Waals surface area (Å²) in [7, 11) is 1.81. The molecule has 3 aromatic carbocycles. The van der Waals surface area contributed by atoms with Crippen LogP contribution in [-0.2, 0) is 13.5 Å². The number of aromatic nitrogens is 4. The van der Waals surface area contributed by atoms with Crippen molar-refractivity contribution in [3.63, 3.8) is 0 Å². The van der Waals surface area contributed by atoms with E-state index in [0.717, 1.165) is 39.6 Å². The molecule has 0 radical (unpaired) electrons. The topological polar surface area (TPSA) is 81.7 Å². The van der Waals surface area contributed by atoms with Crippen LogP contribution in [-0.4, -0.2) is 19.7 Å². The number of fused-ring (bicyclic) bond motifs is 1. The normalized spacial score (nSPS) is 12.1. The van der Waals surface area contributed by atoms with Gasteiger partial charge in [-0.3, -0.25) is 4.68 Å². The Bertz CT molecular complexity index is 1580. The molecule has 0 saturated carbocycles. The Morgan fingerprint density at radius 2 is 1.94 bits per heavy atom. The largest absolute Gasteiger partial charge is 0.383 e. The molecule has 1 atom stereocenters. The van der Waals surface area contributed by atoms with Crippen LogP contribution in [0.4, 0.5) is 15.9 Å². The second-order valence-corrected chi connectivity index (χ2v) is 9.16. The van der Waals surface area contributed by atoms with Crippen LogP contribution in [0.3, 0.4) is 0 Å². The van der Waals surface area contributed by atoms with E-state index in [-0.39, 0.29) is 5.82 Å². The minimum atomic E-state index is -0.598. The molecule has 8 heteroatoms. The lowest BCUT2D eigenvalue weighted by atomic mass is 10.0. The van der Waals surface area contributed by atoms with Crippen LogP contribution in [0.1, 0.15) is 35.5 Å². The number of nitrogens with two attached hydrogens (primary N) is 1. The fourth-order valence-electron chi connectivity index (χ4n) is 4.39. The zero-order chi connectivity index (χ0) is 25.4. The van der Waals surface area contributed by atoms with Crippen LogP contribution in [0.5, 0.6) is 0 Å². The van der Waals surface area contributed by atoms with Crippen molar-refractivity contribution in [2.45, 2.75) is 26.3 Å². The lowest BCUT2D eigenvalue weighted by Gasteiger charge is -2.21. The Morgan fingerprint density at radius 3 is 2.75 bits per heavy atom. The zero-order valence-electron chi connectivity index (χ0n) is 20.3. The number of hydrogen-bond donors (Lipinski definition) is 2. The summed E-state index contributed by atoms with van der Waals surface area (Å²) in [5, 5.41) is 10.6. The van der Waals surface area contributed by atoms with Crippen molar-refractivity contribution in [2.75, 3.05) is 11.1 Å². The maximum Gasteiger partial charge on any atom is 0.181 e. The van der Waals surface area contributed by atoms with Crippen molar-refractivity contribution in [2.24, 2.45) is 7.05 Å². The van der Waals surface area contributed by atoms with E-state index in [2.05, 4.69) is 15.4 Å². The SMILES string of the molecule is CCc1ccc(F)c(C(Nc2ccc3c(N)nccc3c2)c2nc(-c3cccc(Cl)c3C)nn2C)c1. The molecule has 5 aromatic rings. The molecule has 0 saturated heterocycles. The monoisotopic (exact) mass is 500 g/mol. The molecule has 0 aliphatic heterocycles. The molecule has 182 valence electrons.